The van der Waals surface area contributed by atoms with E-state index < -0.39 is 10.2 Å². The largest absolute Gasteiger partial charge is 0.379 e. The summed E-state index contributed by atoms with van der Waals surface area (Å²) < 4.78 is 35.0. The van der Waals surface area contributed by atoms with E-state index in [9.17, 15) is 8.42 Å². The number of morpholine rings is 1. The molecule has 1 heterocycles. The lowest BCUT2D eigenvalue weighted by Crippen LogP contribution is -2.47. The van der Waals surface area contributed by atoms with Gasteiger partial charge in [0.1, 0.15) is 0 Å². The Hall–Kier alpha value is -1.73. The average molecular weight is 346 g/mol. The van der Waals surface area contributed by atoms with Crippen molar-refractivity contribution in [1.82, 2.24) is 9.03 Å². The lowest BCUT2D eigenvalue weighted by Gasteiger charge is -2.29. The van der Waals surface area contributed by atoms with Crippen LogP contribution in [0.15, 0.2) is 60.7 Å². The smallest absolute Gasteiger partial charge is 0.280 e. The van der Waals surface area contributed by atoms with Crippen LogP contribution in [0.3, 0.4) is 0 Å². The third-order valence-corrected chi connectivity index (χ3v) is 5.71. The molecule has 1 N–H and O–H groups in total. The van der Waals surface area contributed by atoms with Gasteiger partial charge >= 0.3 is 0 Å². The molecule has 1 saturated heterocycles. The van der Waals surface area contributed by atoms with Crippen molar-refractivity contribution in [3.05, 3.63) is 71.8 Å². The molecular weight excluding hydrogens is 324 g/mol. The molecule has 0 aliphatic carbocycles. The Labute approximate surface area is 143 Å². The van der Waals surface area contributed by atoms with E-state index in [1.54, 1.807) is 0 Å². The molecule has 1 fully saturated rings. The summed E-state index contributed by atoms with van der Waals surface area (Å²) in [5, 5.41) is 0. The molecule has 0 spiro atoms. The van der Waals surface area contributed by atoms with Crippen LogP contribution in [0.25, 0.3) is 0 Å². The highest BCUT2D eigenvalue weighted by Gasteiger charge is 2.27. The van der Waals surface area contributed by atoms with Crippen LogP contribution in [0.4, 0.5) is 0 Å². The summed E-state index contributed by atoms with van der Waals surface area (Å²) in [4.78, 5) is 0. The monoisotopic (exact) mass is 346 g/mol. The quantitative estimate of drug-likeness (QED) is 0.872. The maximum Gasteiger partial charge on any atom is 0.280 e. The first-order valence-corrected chi connectivity index (χ1v) is 9.53. The first-order chi connectivity index (χ1) is 11.6. The SMILES string of the molecule is O=S(=O)(NC(Cc1ccccc1)c1ccccc1)N1CCOCC1. The minimum absolute atomic E-state index is 0.304. The standard InChI is InChI=1S/C18H22N2O3S/c21-24(22,20-11-13-23-14-12-20)19-18(17-9-5-2-6-10-17)15-16-7-3-1-4-8-16/h1-10,18-19H,11-15H2. The van der Waals surface area contributed by atoms with Gasteiger partial charge < -0.3 is 4.74 Å². The van der Waals surface area contributed by atoms with Gasteiger partial charge in [-0.2, -0.15) is 17.4 Å². The predicted octanol–water partition coefficient (Wildman–Crippen LogP) is 2.14. The van der Waals surface area contributed by atoms with E-state index in [0.717, 1.165) is 11.1 Å². The normalized spacial score (nSPS) is 17.5. The van der Waals surface area contributed by atoms with Crippen molar-refractivity contribution in [2.75, 3.05) is 26.3 Å². The summed E-state index contributed by atoms with van der Waals surface area (Å²) in [5.74, 6) is 0. The Bertz CT molecular complexity index is 729. The second kappa shape index (κ2) is 7.90. The third-order valence-electron chi connectivity index (χ3n) is 4.09. The fourth-order valence-electron chi connectivity index (χ4n) is 2.80. The van der Waals surface area contributed by atoms with Crippen molar-refractivity contribution >= 4 is 10.2 Å². The van der Waals surface area contributed by atoms with Gasteiger partial charge in [-0.05, 0) is 17.5 Å². The fourth-order valence-corrected chi connectivity index (χ4v) is 4.16. The highest BCUT2D eigenvalue weighted by atomic mass is 32.2. The first kappa shape index (κ1) is 17.1. The molecule has 2 aromatic rings. The van der Waals surface area contributed by atoms with Gasteiger partial charge in [-0.3, -0.25) is 0 Å². The van der Waals surface area contributed by atoms with Crippen LogP contribution in [0.5, 0.6) is 0 Å². The molecule has 1 aliphatic rings. The minimum atomic E-state index is -3.55. The zero-order valence-corrected chi connectivity index (χ0v) is 14.3. The van der Waals surface area contributed by atoms with E-state index in [4.69, 9.17) is 4.74 Å². The summed E-state index contributed by atoms with van der Waals surface area (Å²) in [6, 6.07) is 19.3. The Morgan fingerprint density at radius 3 is 2.17 bits per heavy atom. The van der Waals surface area contributed by atoms with Gasteiger partial charge in [0.15, 0.2) is 0 Å². The van der Waals surface area contributed by atoms with E-state index in [2.05, 4.69) is 4.72 Å². The number of rotatable bonds is 6. The molecule has 0 aromatic heterocycles. The molecular formula is C18H22N2O3S. The highest BCUT2D eigenvalue weighted by molar-refractivity contribution is 7.87. The Morgan fingerprint density at radius 1 is 0.958 bits per heavy atom. The van der Waals surface area contributed by atoms with Gasteiger partial charge in [-0.15, -0.1) is 0 Å². The molecule has 1 aliphatic heterocycles. The van der Waals surface area contributed by atoms with Crippen LogP contribution in [-0.4, -0.2) is 39.0 Å². The number of hydrogen-bond acceptors (Lipinski definition) is 3. The molecule has 6 heteroatoms. The van der Waals surface area contributed by atoms with Crippen LogP contribution < -0.4 is 4.72 Å². The number of hydrogen-bond donors (Lipinski definition) is 1. The average Bonchev–Trinajstić information content (AvgIpc) is 2.63. The number of nitrogens with one attached hydrogen (secondary N) is 1. The molecule has 1 atom stereocenters. The summed E-state index contributed by atoms with van der Waals surface area (Å²) in [5.41, 5.74) is 2.05. The molecule has 128 valence electrons. The molecule has 3 rings (SSSR count). The summed E-state index contributed by atoms with van der Waals surface area (Å²) in [7, 11) is -3.55. The van der Waals surface area contributed by atoms with E-state index in [-0.39, 0.29) is 6.04 Å². The number of benzene rings is 2. The molecule has 24 heavy (non-hydrogen) atoms. The summed E-state index contributed by atoms with van der Waals surface area (Å²) >= 11 is 0. The summed E-state index contributed by atoms with van der Waals surface area (Å²) in [6.07, 6.45) is 0.606. The van der Waals surface area contributed by atoms with Gasteiger partial charge in [0.25, 0.3) is 10.2 Å². The second-order valence-corrected chi connectivity index (χ2v) is 7.49. The lowest BCUT2D eigenvalue weighted by molar-refractivity contribution is 0.0723. The maximum absolute atomic E-state index is 12.7. The molecule has 0 saturated carbocycles. The topological polar surface area (TPSA) is 58.6 Å². The molecule has 0 amide bonds. The number of nitrogens with zero attached hydrogens (tertiary/aromatic N) is 1. The van der Waals surface area contributed by atoms with Crippen LogP contribution in [0.1, 0.15) is 17.2 Å². The van der Waals surface area contributed by atoms with Crippen molar-refractivity contribution in [1.29, 1.82) is 0 Å². The van der Waals surface area contributed by atoms with Gasteiger partial charge in [0, 0.05) is 13.1 Å². The molecule has 5 nitrogen and oxygen atoms in total. The van der Waals surface area contributed by atoms with Gasteiger partial charge in [-0.25, -0.2) is 0 Å². The minimum Gasteiger partial charge on any atom is -0.379 e. The molecule has 2 aromatic carbocycles. The van der Waals surface area contributed by atoms with E-state index in [1.165, 1.54) is 4.31 Å². The summed E-state index contributed by atoms with van der Waals surface area (Å²) in [6.45, 7) is 1.66. The van der Waals surface area contributed by atoms with Gasteiger partial charge in [0.05, 0.1) is 19.3 Å². The third kappa shape index (κ3) is 4.42. The van der Waals surface area contributed by atoms with Crippen molar-refractivity contribution < 1.29 is 13.2 Å². The van der Waals surface area contributed by atoms with E-state index in [0.29, 0.717) is 32.7 Å². The molecule has 0 bridgehead atoms. The van der Waals surface area contributed by atoms with Crippen molar-refractivity contribution in [2.45, 2.75) is 12.5 Å². The van der Waals surface area contributed by atoms with E-state index in [1.807, 2.05) is 60.7 Å². The van der Waals surface area contributed by atoms with Crippen molar-refractivity contribution in [3.8, 4) is 0 Å². The predicted molar refractivity (Wildman–Crippen MR) is 93.8 cm³/mol. The van der Waals surface area contributed by atoms with E-state index >= 15 is 0 Å². The van der Waals surface area contributed by atoms with Crippen molar-refractivity contribution in [2.24, 2.45) is 0 Å². The van der Waals surface area contributed by atoms with Crippen molar-refractivity contribution in [3.63, 3.8) is 0 Å². The van der Waals surface area contributed by atoms with Crippen LogP contribution in [0, 0.1) is 0 Å². The second-order valence-electron chi connectivity index (χ2n) is 5.79. The lowest BCUT2D eigenvalue weighted by atomic mass is 10.00. The molecule has 0 radical (unpaired) electrons. The Balaban J connectivity index is 1.82. The zero-order chi connectivity index (χ0) is 16.8. The number of ether oxygens (including phenoxy) is 1. The van der Waals surface area contributed by atoms with Crippen LogP contribution in [0.2, 0.25) is 0 Å². The fraction of sp³-hybridized carbons (Fsp3) is 0.333. The van der Waals surface area contributed by atoms with Crippen LogP contribution in [-0.2, 0) is 21.4 Å². The maximum atomic E-state index is 12.7. The first-order valence-electron chi connectivity index (χ1n) is 8.09. The zero-order valence-electron chi connectivity index (χ0n) is 13.5. The Morgan fingerprint density at radius 2 is 1.54 bits per heavy atom. The Kier molecular flexibility index (Phi) is 5.63. The van der Waals surface area contributed by atoms with Gasteiger partial charge in [-0.1, -0.05) is 60.7 Å². The molecule has 1 unspecified atom stereocenters. The van der Waals surface area contributed by atoms with Gasteiger partial charge in [0.2, 0.25) is 0 Å². The van der Waals surface area contributed by atoms with Crippen LogP contribution >= 0.6 is 0 Å². The highest BCUT2D eigenvalue weighted by Crippen LogP contribution is 2.20.